The minimum atomic E-state index is 1.00. The van der Waals surface area contributed by atoms with Gasteiger partial charge >= 0.3 is 0 Å². The van der Waals surface area contributed by atoms with Crippen LogP contribution in [-0.2, 0) is 0 Å². The Hall–Kier alpha value is -4.49. The number of hydrogen-bond acceptors (Lipinski definition) is 1. The predicted octanol–water partition coefficient (Wildman–Crippen LogP) is 8.90. The van der Waals surface area contributed by atoms with Gasteiger partial charge in [-0.1, -0.05) is 140 Å². The fourth-order valence-electron chi connectivity index (χ4n) is 4.73. The standard InChI is InChI=1S/C33H23N/c1-5-14-24(15-6-1)28-22-13-23-29-31(28)30(25-16-7-2-8-17-25)33(27-20-11-4-12-21-27)34-32(29)26-18-9-3-10-19-26/h1-23H. The van der Waals surface area contributed by atoms with E-state index in [9.17, 15) is 0 Å². The molecule has 1 nitrogen and oxygen atoms in total. The number of fused-ring (bicyclic) bond motifs is 1. The Kier molecular flexibility index (Phi) is 5.21. The summed E-state index contributed by atoms with van der Waals surface area (Å²) in [6, 6.07) is 48.9. The summed E-state index contributed by atoms with van der Waals surface area (Å²) in [4.78, 5) is 5.35. The third-order valence-corrected chi connectivity index (χ3v) is 6.27. The average Bonchev–Trinajstić information content (AvgIpc) is 2.94. The van der Waals surface area contributed by atoms with Gasteiger partial charge in [0.05, 0.1) is 11.4 Å². The van der Waals surface area contributed by atoms with Gasteiger partial charge in [0.25, 0.3) is 0 Å². The largest absolute Gasteiger partial charge is 0.246 e. The molecule has 0 amide bonds. The van der Waals surface area contributed by atoms with Crippen molar-refractivity contribution in [3.63, 3.8) is 0 Å². The van der Waals surface area contributed by atoms with Gasteiger partial charge in [0.2, 0.25) is 0 Å². The molecular weight excluding hydrogens is 410 g/mol. The van der Waals surface area contributed by atoms with Gasteiger partial charge in [-0.25, -0.2) is 4.98 Å². The summed E-state index contributed by atoms with van der Waals surface area (Å²) in [6.07, 6.45) is 0. The lowest BCUT2D eigenvalue weighted by Gasteiger charge is -2.19. The molecule has 160 valence electrons. The summed E-state index contributed by atoms with van der Waals surface area (Å²) < 4.78 is 0. The Morgan fingerprint density at radius 2 is 0.824 bits per heavy atom. The summed E-state index contributed by atoms with van der Waals surface area (Å²) in [6.45, 7) is 0. The molecule has 0 fully saturated rings. The van der Waals surface area contributed by atoms with E-state index in [1.165, 1.54) is 27.6 Å². The maximum atomic E-state index is 5.35. The van der Waals surface area contributed by atoms with E-state index in [-0.39, 0.29) is 0 Å². The van der Waals surface area contributed by atoms with Crippen molar-refractivity contribution in [1.82, 2.24) is 4.98 Å². The molecule has 0 spiro atoms. The van der Waals surface area contributed by atoms with Crippen LogP contribution in [-0.4, -0.2) is 4.98 Å². The minimum absolute atomic E-state index is 1.00. The van der Waals surface area contributed by atoms with Gasteiger partial charge < -0.3 is 0 Å². The van der Waals surface area contributed by atoms with Crippen LogP contribution < -0.4 is 0 Å². The summed E-state index contributed by atoms with van der Waals surface area (Å²) in [5, 5.41) is 2.39. The number of aromatic nitrogens is 1. The lowest BCUT2D eigenvalue weighted by atomic mass is 9.87. The summed E-state index contributed by atoms with van der Waals surface area (Å²) >= 11 is 0. The van der Waals surface area contributed by atoms with Gasteiger partial charge in [0.1, 0.15) is 0 Å². The van der Waals surface area contributed by atoms with Crippen LogP contribution >= 0.6 is 0 Å². The van der Waals surface area contributed by atoms with Gasteiger partial charge in [-0.3, -0.25) is 0 Å². The Bertz CT molecular complexity index is 1520. The third kappa shape index (κ3) is 3.58. The molecule has 0 atom stereocenters. The van der Waals surface area contributed by atoms with Gasteiger partial charge in [0.15, 0.2) is 0 Å². The zero-order chi connectivity index (χ0) is 22.7. The highest BCUT2D eigenvalue weighted by atomic mass is 14.7. The molecule has 1 aromatic heterocycles. The van der Waals surface area contributed by atoms with Crippen LogP contribution in [0, 0.1) is 0 Å². The fourth-order valence-corrected chi connectivity index (χ4v) is 4.73. The first-order valence-corrected chi connectivity index (χ1v) is 11.6. The normalized spacial score (nSPS) is 10.9. The second-order valence-corrected chi connectivity index (χ2v) is 8.38. The monoisotopic (exact) mass is 433 g/mol. The molecule has 1 heteroatoms. The van der Waals surface area contributed by atoms with Crippen molar-refractivity contribution >= 4 is 10.8 Å². The number of benzene rings is 5. The second-order valence-electron chi connectivity index (χ2n) is 8.38. The molecule has 0 N–H and O–H groups in total. The van der Waals surface area contributed by atoms with Gasteiger partial charge in [-0.15, -0.1) is 0 Å². The lowest BCUT2D eigenvalue weighted by molar-refractivity contribution is 1.35. The number of hydrogen-bond donors (Lipinski definition) is 0. The Morgan fingerprint density at radius 1 is 0.353 bits per heavy atom. The molecule has 6 rings (SSSR count). The molecule has 0 aliphatic heterocycles. The van der Waals surface area contributed by atoms with E-state index in [4.69, 9.17) is 4.98 Å². The molecule has 0 aliphatic rings. The first kappa shape index (κ1) is 20.1. The molecule has 0 unspecified atom stereocenters. The molecule has 6 aromatic rings. The van der Waals surface area contributed by atoms with Crippen LogP contribution in [0.2, 0.25) is 0 Å². The molecule has 0 bridgehead atoms. The van der Waals surface area contributed by atoms with Crippen LogP contribution in [0.3, 0.4) is 0 Å². The van der Waals surface area contributed by atoms with Crippen molar-refractivity contribution in [2.75, 3.05) is 0 Å². The fraction of sp³-hybridized carbons (Fsp3) is 0. The summed E-state index contributed by atoms with van der Waals surface area (Å²) in [7, 11) is 0. The highest BCUT2D eigenvalue weighted by Gasteiger charge is 2.20. The average molecular weight is 434 g/mol. The van der Waals surface area contributed by atoms with Gasteiger partial charge in [0, 0.05) is 27.5 Å². The van der Waals surface area contributed by atoms with Crippen molar-refractivity contribution in [3.8, 4) is 44.8 Å². The van der Waals surface area contributed by atoms with Crippen molar-refractivity contribution in [3.05, 3.63) is 140 Å². The number of nitrogens with zero attached hydrogens (tertiary/aromatic N) is 1. The highest BCUT2D eigenvalue weighted by molar-refractivity contribution is 6.14. The van der Waals surface area contributed by atoms with Gasteiger partial charge in [-0.05, 0) is 16.7 Å². The first-order valence-electron chi connectivity index (χ1n) is 11.6. The van der Waals surface area contributed by atoms with Crippen molar-refractivity contribution in [1.29, 1.82) is 0 Å². The van der Waals surface area contributed by atoms with E-state index < -0.39 is 0 Å². The van der Waals surface area contributed by atoms with Crippen LogP contribution in [0.4, 0.5) is 0 Å². The molecule has 0 saturated heterocycles. The van der Waals surface area contributed by atoms with E-state index in [0.717, 1.165) is 27.9 Å². The summed E-state index contributed by atoms with van der Waals surface area (Å²) in [5.74, 6) is 0. The first-order chi connectivity index (χ1) is 16.9. The topological polar surface area (TPSA) is 12.9 Å². The van der Waals surface area contributed by atoms with E-state index >= 15 is 0 Å². The van der Waals surface area contributed by atoms with Gasteiger partial charge in [-0.2, -0.15) is 0 Å². The SMILES string of the molecule is c1ccc(-c2nc(-c3ccccc3)c3cccc(-c4ccccc4)c3c2-c2ccccc2)cc1. The van der Waals surface area contributed by atoms with Crippen molar-refractivity contribution in [2.45, 2.75) is 0 Å². The Morgan fingerprint density at radius 3 is 1.38 bits per heavy atom. The van der Waals surface area contributed by atoms with Crippen LogP contribution in [0.5, 0.6) is 0 Å². The molecular formula is C33H23N. The maximum absolute atomic E-state index is 5.35. The minimum Gasteiger partial charge on any atom is -0.246 e. The smallest absolute Gasteiger partial charge is 0.0794 e. The van der Waals surface area contributed by atoms with Crippen molar-refractivity contribution < 1.29 is 0 Å². The van der Waals surface area contributed by atoms with Crippen LogP contribution in [0.15, 0.2) is 140 Å². The van der Waals surface area contributed by atoms with E-state index in [1.807, 2.05) is 0 Å². The molecule has 1 heterocycles. The highest BCUT2D eigenvalue weighted by Crippen LogP contribution is 2.44. The van der Waals surface area contributed by atoms with Crippen LogP contribution in [0.1, 0.15) is 0 Å². The maximum Gasteiger partial charge on any atom is 0.0794 e. The quantitative estimate of drug-likeness (QED) is 0.270. The molecule has 0 aliphatic carbocycles. The third-order valence-electron chi connectivity index (χ3n) is 6.27. The lowest BCUT2D eigenvalue weighted by Crippen LogP contribution is -1.97. The van der Waals surface area contributed by atoms with E-state index in [2.05, 4.69) is 140 Å². The van der Waals surface area contributed by atoms with Crippen LogP contribution in [0.25, 0.3) is 55.5 Å². The second kappa shape index (κ2) is 8.80. The molecule has 0 saturated carbocycles. The zero-order valence-electron chi connectivity index (χ0n) is 18.7. The Balaban J connectivity index is 1.83. The number of pyridine rings is 1. The molecule has 5 aromatic carbocycles. The van der Waals surface area contributed by atoms with Crippen molar-refractivity contribution in [2.24, 2.45) is 0 Å². The van der Waals surface area contributed by atoms with E-state index in [1.54, 1.807) is 0 Å². The summed E-state index contributed by atoms with van der Waals surface area (Å²) in [5.41, 5.74) is 9.00. The molecule has 34 heavy (non-hydrogen) atoms. The van der Waals surface area contributed by atoms with E-state index in [0.29, 0.717) is 0 Å². The molecule has 0 radical (unpaired) electrons. The number of rotatable bonds is 4. The zero-order valence-corrected chi connectivity index (χ0v) is 18.7. The predicted molar refractivity (Wildman–Crippen MR) is 143 cm³/mol. The Labute approximate surface area is 200 Å².